The van der Waals surface area contributed by atoms with E-state index in [1.165, 1.54) is 5.56 Å². The van der Waals surface area contributed by atoms with E-state index >= 15 is 0 Å². The fourth-order valence-electron chi connectivity index (χ4n) is 0.859. The summed E-state index contributed by atoms with van der Waals surface area (Å²) in [6.07, 6.45) is 3.71. The lowest BCUT2D eigenvalue weighted by Crippen LogP contribution is -1.85. The number of aromatic nitrogens is 1. The quantitative estimate of drug-likeness (QED) is 0.602. The minimum Gasteiger partial charge on any atom is -0.364 e. The zero-order valence-corrected chi connectivity index (χ0v) is 5.85. The largest absolute Gasteiger partial charge is 0.364 e. The van der Waals surface area contributed by atoms with Crippen molar-refractivity contribution in [3.05, 3.63) is 17.5 Å². The van der Waals surface area contributed by atoms with Crippen molar-refractivity contribution in [3.8, 4) is 0 Å². The molecule has 0 unspecified atom stereocenters. The molecule has 0 fully saturated rings. The summed E-state index contributed by atoms with van der Waals surface area (Å²) < 4.78 is 4.78. The molecule has 0 N–H and O–H groups in total. The highest BCUT2D eigenvalue weighted by Gasteiger charge is 2.00. The van der Waals surface area contributed by atoms with Crippen LogP contribution in [0.3, 0.4) is 0 Å². The Kier molecular flexibility index (Phi) is 1.88. The van der Waals surface area contributed by atoms with Crippen molar-refractivity contribution in [1.29, 1.82) is 0 Å². The van der Waals surface area contributed by atoms with Crippen LogP contribution in [0, 0.1) is 0 Å². The zero-order valence-electron chi connectivity index (χ0n) is 5.85. The van der Waals surface area contributed by atoms with Crippen LogP contribution in [0.4, 0.5) is 0 Å². The number of hydrogen-bond donors (Lipinski definition) is 0. The molecule has 0 aliphatic carbocycles. The van der Waals surface area contributed by atoms with Crippen molar-refractivity contribution in [3.63, 3.8) is 0 Å². The fourth-order valence-corrected chi connectivity index (χ4v) is 0.859. The van der Waals surface area contributed by atoms with Crippen LogP contribution in [0.5, 0.6) is 0 Å². The average Bonchev–Trinajstić information content (AvgIpc) is 2.33. The van der Waals surface area contributed by atoms with Crippen LogP contribution in [0.15, 0.2) is 10.8 Å². The molecule has 0 spiro atoms. The molecular weight excluding hydrogens is 114 g/mol. The first kappa shape index (κ1) is 6.33. The van der Waals surface area contributed by atoms with Gasteiger partial charge in [0.2, 0.25) is 0 Å². The highest BCUT2D eigenvalue weighted by Crippen LogP contribution is 2.06. The lowest BCUT2D eigenvalue weighted by Gasteiger charge is -1.88. The summed E-state index contributed by atoms with van der Waals surface area (Å²) in [6, 6.07) is 0. The Morgan fingerprint density at radius 1 is 1.44 bits per heavy atom. The molecule has 0 saturated carbocycles. The maximum Gasteiger partial charge on any atom is 0.127 e. The third kappa shape index (κ3) is 1.12. The highest BCUT2D eigenvalue weighted by atomic mass is 16.5. The van der Waals surface area contributed by atoms with E-state index in [4.69, 9.17) is 4.52 Å². The van der Waals surface area contributed by atoms with Crippen molar-refractivity contribution in [2.45, 2.75) is 26.7 Å². The van der Waals surface area contributed by atoms with Crippen LogP contribution in [0.25, 0.3) is 0 Å². The topological polar surface area (TPSA) is 26.0 Å². The Labute approximate surface area is 54.9 Å². The Morgan fingerprint density at radius 2 is 2.22 bits per heavy atom. The molecule has 0 radical (unpaired) electrons. The van der Waals surface area contributed by atoms with Gasteiger partial charge in [-0.2, -0.15) is 0 Å². The third-order valence-corrected chi connectivity index (χ3v) is 1.44. The Hall–Kier alpha value is -0.790. The van der Waals surface area contributed by atoms with E-state index in [9.17, 15) is 0 Å². The van der Waals surface area contributed by atoms with Gasteiger partial charge in [0.25, 0.3) is 0 Å². The number of hydrogen-bond acceptors (Lipinski definition) is 2. The van der Waals surface area contributed by atoms with Crippen LogP contribution in [-0.4, -0.2) is 5.16 Å². The van der Waals surface area contributed by atoms with Gasteiger partial charge in [0.15, 0.2) is 0 Å². The smallest absolute Gasteiger partial charge is 0.127 e. The Balaban J connectivity index is 2.85. The molecule has 0 aliphatic rings. The van der Waals surface area contributed by atoms with Crippen LogP contribution in [0.1, 0.15) is 25.1 Å². The SMILES string of the molecule is CCc1conc1CC. The van der Waals surface area contributed by atoms with Crippen LogP contribution in [0.2, 0.25) is 0 Å². The van der Waals surface area contributed by atoms with E-state index in [1.54, 1.807) is 6.26 Å². The third-order valence-electron chi connectivity index (χ3n) is 1.44. The molecule has 1 aromatic rings. The lowest BCUT2D eigenvalue weighted by atomic mass is 10.2. The fraction of sp³-hybridized carbons (Fsp3) is 0.571. The molecule has 0 aromatic carbocycles. The van der Waals surface area contributed by atoms with E-state index in [1.807, 2.05) is 0 Å². The highest BCUT2D eigenvalue weighted by molar-refractivity contribution is 5.13. The molecule has 0 amide bonds. The van der Waals surface area contributed by atoms with Crippen molar-refractivity contribution >= 4 is 0 Å². The van der Waals surface area contributed by atoms with Gasteiger partial charge in [-0.3, -0.25) is 0 Å². The average molecular weight is 125 g/mol. The van der Waals surface area contributed by atoms with Crippen molar-refractivity contribution in [2.24, 2.45) is 0 Å². The Bertz CT molecular complexity index is 162. The molecule has 1 heterocycles. The second-order valence-electron chi connectivity index (χ2n) is 1.99. The van der Waals surface area contributed by atoms with Crippen LogP contribution in [-0.2, 0) is 12.8 Å². The predicted molar refractivity (Wildman–Crippen MR) is 35.3 cm³/mol. The van der Waals surface area contributed by atoms with E-state index < -0.39 is 0 Å². The monoisotopic (exact) mass is 125 g/mol. The molecular formula is C7H11NO. The van der Waals surface area contributed by atoms with Gasteiger partial charge in [0.1, 0.15) is 6.26 Å². The van der Waals surface area contributed by atoms with Gasteiger partial charge in [-0.05, 0) is 12.8 Å². The standard InChI is InChI=1S/C7H11NO/c1-3-6-5-9-8-7(6)4-2/h5H,3-4H2,1-2H3. The summed E-state index contributed by atoms with van der Waals surface area (Å²) in [4.78, 5) is 0. The number of aryl methyl sites for hydroxylation is 2. The summed E-state index contributed by atoms with van der Waals surface area (Å²) in [5.41, 5.74) is 2.33. The van der Waals surface area contributed by atoms with E-state index in [2.05, 4.69) is 19.0 Å². The van der Waals surface area contributed by atoms with Gasteiger partial charge in [-0.25, -0.2) is 0 Å². The number of rotatable bonds is 2. The van der Waals surface area contributed by atoms with Crippen molar-refractivity contribution < 1.29 is 4.52 Å². The van der Waals surface area contributed by atoms with Crippen molar-refractivity contribution in [1.82, 2.24) is 5.16 Å². The molecule has 2 nitrogen and oxygen atoms in total. The van der Waals surface area contributed by atoms with Gasteiger partial charge < -0.3 is 4.52 Å². The van der Waals surface area contributed by atoms with Gasteiger partial charge in [0, 0.05) is 5.56 Å². The van der Waals surface area contributed by atoms with E-state index in [0.717, 1.165) is 18.5 Å². The predicted octanol–water partition coefficient (Wildman–Crippen LogP) is 1.80. The lowest BCUT2D eigenvalue weighted by molar-refractivity contribution is 0.412. The minimum atomic E-state index is 0.972. The van der Waals surface area contributed by atoms with Gasteiger partial charge in [-0.1, -0.05) is 19.0 Å². The molecule has 2 heteroatoms. The van der Waals surface area contributed by atoms with Crippen molar-refractivity contribution in [2.75, 3.05) is 0 Å². The summed E-state index contributed by atoms with van der Waals surface area (Å²) in [5.74, 6) is 0. The summed E-state index contributed by atoms with van der Waals surface area (Å²) in [7, 11) is 0. The summed E-state index contributed by atoms with van der Waals surface area (Å²) in [5, 5.41) is 3.83. The first-order valence-electron chi connectivity index (χ1n) is 3.30. The van der Waals surface area contributed by atoms with Crippen LogP contribution < -0.4 is 0 Å². The maximum atomic E-state index is 4.78. The first-order chi connectivity index (χ1) is 4.38. The molecule has 1 rings (SSSR count). The Morgan fingerprint density at radius 3 is 2.67 bits per heavy atom. The summed E-state index contributed by atoms with van der Waals surface area (Å²) >= 11 is 0. The van der Waals surface area contributed by atoms with Crippen LogP contribution >= 0.6 is 0 Å². The van der Waals surface area contributed by atoms with Gasteiger partial charge >= 0.3 is 0 Å². The first-order valence-corrected chi connectivity index (χ1v) is 3.30. The molecule has 9 heavy (non-hydrogen) atoms. The zero-order chi connectivity index (χ0) is 6.69. The van der Waals surface area contributed by atoms with Gasteiger partial charge in [0.05, 0.1) is 5.69 Å². The van der Waals surface area contributed by atoms with E-state index in [0.29, 0.717) is 0 Å². The molecule has 0 atom stereocenters. The second kappa shape index (κ2) is 2.67. The molecule has 50 valence electrons. The molecule has 0 saturated heterocycles. The van der Waals surface area contributed by atoms with E-state index in [-0.39, 0.29) is 0 Å². The molecule has 0 aliphatic heterocycles. The summed E-state index contributed by atoms with van der Waals surface area (Å²) in [6.45, 7) is 4.18. The van der Waals surface area contributed by atoms with Gasteiger partial charge in [-0.15, -0.1) is 0 Å². The second-order valence-corrected chi connectivity index (χ2v) is 1.99. The number of nitrogens with zero attached hydrogens (tertiary/aromatic N) is 1. The minimum absolute atomic E-state index is 0.972. The maximum absolute atomic E-state index is 4.78. The normalized spacial score (nSPS) is 10.0. The molecule has 1 aromatic heterocycles. The molecule has 0 bridgehead atoms.